The molecule has 0 saturated carbocycles. The zero-order valence-corrected chi connectivity index (χ0v) is 20.3. The second-order valence-electron chi connectivity index (χ2n) is 7.52. The summed E-state index contributed by atoms with van der Waals surface area (Å²) in [7, 11) is -0.925. The minimum absolute atomic E-state index is 0. The Balaban J connectivity index is 0.00000113. The molecule has 0 N–H and O–H groups in total. The smallest absolute Gasteiger partial charge is 1.00 e. The summed E-state index contributed by atoms with van der Waals surface area (Å²) in [5, 5.41) is 3.69. The molecule has 2 aliphatic carbocycles. The van der Waals surface area contributed by atoms with Gasteiger partial charge in [0, 0.05) is 0 Å². The molecule has 129 valence electrons. The molecule has 5 rings (SSSR count). The molecule has 2 bridgehead atoms. The van der Waals surface area contributed by atoms with Crippen LogP contribution < -0.4 is 24.8 Å². The van der Waals surface area contributed by atoms with E-state index in [4.69, 9.17) is 0 Å². The van der Waals surface area contributed by atoms with Crippen molar-refractivity contribution in [2.24, 2.45) is 5.41 Å². The van der Waals surface area contributed by atoms with Crippen LogP contribution in [0, 0.1) is 5.41 Å². The van der Waals surface area contributed by atoms with E-state index < -0.39 is 8.80 Å². The first-order valence-electron chi connectivity index (χ1n) is 8.53. The fourth-order valence-corrected chi connectivity index (χ4v) is 12.1. The first-order valence-corrected chi connectivity index (χ1v) is 11.7. The number of rotatable bonds is 3. The van der Waals surface area contributed by atoms with Gasteiger partial charge in [0.2, 0.25) is 0 Å². The van der Waals surface area contributed by atoms with E-state index in [0.29, 0.717) is 0 Å². The van der Waals surface area contributed by atoms with E-state index in [1.807, 2.05) is 10.4 Å². The monoisotopic (exact) mass is 463 g/mol. The van der Waals surface area contributed by atoms with Crippen LogP contribution in [0.15, 0.2) is 72.4 Å². The summed E-state index contributed by atoms with van der Waals surface area (Å²) in [5.41, 5.74) is 8.25. The summed E-state index contributed by atoms with van der Waals surface area (Å²) in [4.78, 5) is 0. The maximum Gasteiger partial charge on any atom is -1.00 e. The number of halogens is 2. The van der Waals surface area contributed by atoms with E-state index in [0.717, 1.165) is 0 Å². The molecule has 4 aliphatic rings. The van der Waals surface area contributed by atoms with Crippen LogP contribution in [0.3, 0.4) is 0 Å². The molecule has 0 radical (unpaired) electrons. The molecule has 1 aromatic rings. The largest absolute Gasteiger partial charge is 1.00 e. The van der Waals surface area contributed by atoms with Crippen molar-refractivity contribution >= 4 is 8.80 Å². The number of benzene rings is 1. The van der Waals surface area contributed by atoms with Crippen LogP contribution in [-0.2, 0) is 30.8 Å². The Kier molecular flexibility index (Phi) is 6.32. The van der Waals surface area contributed by atoms with Gasteiger partial charge in [0.1, 0.15) is 0 Å². The van der Waals surface area contributed by atoms with Gasteiger partial charge in [-0.25, -0.2) is 0 Å². The van der Waals surface area contributed by atoms with E-state index >= 15 is 0 Å². The average Bonchev–Trinajstić information content (AvgIpc) is 3.04. The zero-order chi connectivity index (χ0) is 16.4. The van der Waals surface area contributed by atoms with E-state index in [-0.39, 0.29) is 30.2 Å². The van der Waals surface area contributed by atoms with Crippen LogP contribution in [0.5, 0.6) is 0 Å². The predicted octanol–water partition coefficient (Wildman–Crippen LogP) is -1.10. The van der Waals surface area contributed by atoms with Gasteiger partial charge >= 0.3 is 157 Å². The third-order valence-electron chi connectivity index (χ3n) is 6.09. The van der Waals surface area contributed by atoms with Crippen LogP contribution in [0.1, 0.15) is 39.7 Å². The Bertz CT molecular complexity index is 833. The first-order chi connectivity index (χ1) is 10.9. The molecule has 25 heavy (non-hydrogen) atoms. The summed E-state index contributed by atoms with van der Waals surface area (Å²) in [6, 6.07) is 12.4. The second kappa shape index (κ2) is 7.47. The summed E-state index contributed by atoms with van der Waals surface area (Å²) >= 11 is 1.64. The van der Waals surface area contributed by atoms with Crippen LogP contribution in [-0.4, -0.2) is 8.80 Å². The molecule has 0 saturated heterocycles. The number of hydrogen-bond donors (Lipinski definition) is 0. The molecule has 0 amide bonds. The molecule has 0 aromatic heterocycles. The predicted molar refractivity (Wildman–Crippen MR) is 96.2 cm³/mol. The van der Waals surface area contributed by atoms with Gasteiger partial charge in [-0.05, 0) is 0 Å². The minimum Gasteiger partial charge on any atom is -1.00 e. The fourth-order valence-electron chi connectivity index (χ4n) is 5.09. The first kappa shape index (κ1) is 21.2. The standard InChI is InChI=1S/C21H23Si.2ClH.Zr/c1-14-10-15(2)18(11-14)21(4)12-19-16(3)20(21)22(19)13-17-8-6-5-7-9-17;;;/h5-10,22H,11,13H2,1-4H3;2*1H;/q;;;+2/p-2. The number of fused-ring (bicyclic) bond motifs is 1. The van der Waals surface area contributed by atoms with Gasteiger partial charge in [0.25, 0.3) is 0 Å². The van der Waals surface area contributed by atoms with Gasteiger partial charge in [-0.3, -0.25) is 0 Å². The number of hydrogen-bond acceptors (Lipinski definition) is 0. The van der Waals surface area contributed by atoms with Crippen molar-refractivity contribution < 1.29 is 49.5 Å². The fraction of sp³-hybridized carbons (Fsp3) is 0.333. The molecule has 2 atom stereocenters. The van der Waals surface area contributed by atoms with Crippen molar-refractivity contribution in [3.63, 3.8) is 0 Å². The molecular formula is C21H23Cl2SiZr. The molecule has 2 unspecified atom stereocenters. The Morgan fingerprint density at radius 1 is 1.08 bits per heavy atom. The van der Waals surface area contributed by atoms with Gasteiger partial charge < -0.3 is 24.8 Å². The number of allylic oxidation sites excluding steroid dienone is 8. The van der Waals surface area contributed by atoms with E-state index in [1.54, 1.807) is 39.1 Å². The Hall–Kier alpha value is -0.140. The normalized spacial score (nSPS) is 27.1. The quantitative estimate of drug-likeness (QED) is 0.498. The van der Waals surface area contributed by atoms with Gasteiger partial charge in [-0.2, -0.15) is 0 Å². The van der Waals surface area contributed by atoms with Crippen LogP contribution >= 0.6 is 0 Å². The van der Waals surface area contributed by atoms with Crippen LogP contribution in [0.4, 0.5) is 0 Å². The summed E-state index contributed by atoms with van der Waals surface area (Å²) in [6.07, 6.45) is 3.60. The molecule has 2 heterocycles. The third-order valence-corrected chi connectivity index (χ3v) is 12.7. The summed E-state index contributed by atoms with van der Waals surface area (Å²) < 4.78 is 1.77. The average molecular weight is 466 g/mol. The van der Waals surface area contributed by atoms with Crippen molar-refractivity contribution in [3.05, 3.63) is 77.9 Å². The van der Waals surface area contributed by atoms with Crippen molar-refractivity contribution in [1.29, 1.82) is 0 Å². The van der Waals surface area contributed by atoms with Gasteiger partial charge in [0.15, 0.2) is 0 Å². The van der Waals surface area contributed by atoms with Gasteiger partial charge in [-0.15, -0.1) is 0 Å². The Morgan fingerprint density at radius 3 is 2.28 bits per heavy atom. The van der Waals surface area contributed by atoms with Crippen LogP contribution in [0.2, 0.25) is 0 Å². The molecule has 0 nitrogen and oxygen atoms in total. The molecular weight excluding hydrogens is 442 g/mol. The van der Waals surface area contributed by atoms with E-state index in [1.165, 1.54) is 29.2 Å². The second-order valence-corrected chi connectivity index (χ2v) is 11.4. The van der Waals surface area contributed by atoms with Crippen molar-refractivity contribution in [2.45, 2.75) is 40.2 Å². The van der Waals surface area contributed by atoms with E-state index in [2.05, 4.69) is 64.1 Å². The molecule has 0 spiro atoms. The maximum absolute atomic E-state index is 2.53. The van der Waals surface area contributed by atoms with Gasteiger partial charge in [0.05, 0.1) is 0 Å². The van der Waals surface area contributed by atoms with E-state index in [9.17, 15) is 0 Å². The third kappa shape index (κ3) is 2.98. The SMILES string of the molecule is CC1=CC(C)=C(C2(C)[C]([Zr+2])=C3C(C)=C2[SiH]3Cc2ccccc2)C1.[Cl-].[Cl-]. The van der Waals surface area contributed by atoms with Crippen molar-refractivity contribution in [2.75, 3.05) is 0 Å². The minimum atomic E-state index is -0.925. The van der Waals surface area contributed by atoms with Crippen LogP contribution in [0.25, 0.3) is 0 Å². The summed E-state index contributed by atoms with van der Waals surface area (Å²) in [5.74, 6) is 0. The topological polar surface area (TPSA) is 0 Å². The molecule has 4 heteroatoms. The molecule has 2 aliphatic heterocycles. The Labute approximate surface area is 180 Å². The Morgan fingerprint density at radius 2 is 1.72 bits per heavy atom. The van der Waals surface area contributed by atoms with Crippen molar-refractivity contribution in [3.8, 4) is 0 Å². The zero-order valence-electron chi connectivity index (χ0n) is 15.2. The van der Waals surface area contributed by atoms with Crippen molar-refractivity contribution in [1.82, 2.24) is 0 Å². The summed E-state index contributed by atoms with van der Waals surface area (Å²) in [6.45, 7) is 9.53. The molecule has 1 aromatic carbocycles. The maximum atomic E-state index is 2.53. The molecule has 0 fully saturated rings. The van der Waals surface area contributed by atoms with Gasteiger partial charge in [-0.1, -0.05) is 0 Å².